The third-order valence-electron chi connectivity index (χ3n) is 5.03. The van der Waals surface area contributed by atoms with Gasteiger partial charge >= 0.3 is 0 Å². The number of halogens is 5. The summed E-state index contributed by atoms with van der Waals surface area (Å²) >= 11 is 9.78. The second kappa shape index (κ2) is 11.2. The van der Waals surface area contributed by atoms with Crippen LogP contribution in [0.25, 0.3) is 5.70 Å². The normalized spacial score (nSPS) is 26.3. The highest BCUT2D eigenvalue weighted by atomic mass is 35.5. The van der Waals surface area contributed by atoms with Gasteiger partial charge in [-0.1, -0.05) is 23.2 Å². The van der Waals surface area contributed by atoms with Crippen LogP contribution < -0.4 is 5.32 Å². The van der Waals surface area contributed by atoms with E-state index < -0.39 is 65.0 Å². The summed E-state index contributed by atoms with van der Waals surface area (Å²) in [6.45, 7) is -0.699. The molecule has 5 N–H and O–H groups in total. The fourth-order valence-corrected chi connectivity index (χ4v) is 4.99. The fourth-order valence-electron chi connectivity index (χ4n) is 3.26. The average Bonchev–Trinajstić information content (AvgIpc) is 2.81. The molecule has 1 saturated heterocycles. The molecule has 0 saturated carbocycles. The van der Waals surface area contributed by atoms with E-state index in [-0.39, 0.29) is 26.2 Å². The predicted octanol–water partition coefficient (Wildman–Crippen LogP) is 2.95. The van der Waals surface area contributed by atoms with E-state index in [0.29, 0.717) is 12.1 Å². The lowest BCUT2D eigenvalue weighted by Gasteiger charge is -2.41. The van der Waals surface area contributed by atoms with Crippen LogP contribution in [0.5, 0.6) is 0 Å². The molecule has 8 nitrogen and oxygen atoms in total. The number of aliphatic hydroxyl groups is 3. The lowest BCUT2D eigenvalue weighted by Crippen LogP contribution is -2.64. The lowest BCUT2D eigenvalue weighted by atomic mass is 9.97. The molecule has 0 aliphatic carbocycles. The van der Waals surface area contributed by atoms with E-state index in [9.17, 15) is 33.0 Å². The number of ether oxygens (including phenoxy) is 1. The lowest BCUT2D eigenvalue weighted by molar-refractivity contribution is -0.167. The minimum absolute atomic E-state index is 0.106. The monoisotopic (exact) mass is 539 g/mol. The van der Waals surface area contributed by atoms with Crippen molar-refractivity contribution in [3.8, 4) is 0 Å². The first kappa shape index (κ1) is 26.7. The zero-order valence-corrected chi connectivity index (χ0v) is 19.3. The minimum Gasteiger partial charge on any atom is -0.609 e. The van der Waals surface area contributed by atoms with Gasteiger partial charge in [0.2, 0.25) is 5.44 Å². The molecule has 4 unspecified atom stereocenters. The van der Waals surface area contributed by atoms with Gasteiger partial charge in [-0.25, -0.2) is 18.7 Å². The molecular weight excluding hydrogens is 522 g/mol. The van der Waals surface area contributed by atoms with Crippen molar-refractivity contribution in [1.29, 1.82) is 5.53 Å². The van der Waals surface area contributed by atoms with Crippen molar-refractivity contribution in [2.24, 2.45) is 5.11 Å². The third kappa shape index (κ3) is 5.50. The van der Waals surface area contributed by atoms with Gasteiger partial charge in [-0.2, -0.15) is 5.11 Å². The highest BCUT2D eigenvalue weighted by molar-refractivity contribution is 7.92. The van der Waals surface area contributed by atoms with E-state index >= 15 is 0 Å². The van der Waals surface area contributed by atoms with E-state index in [2.05, 4.69) is 10.4 Å². The molecule has 0 amide bonds. The summed E-state index contributed by atoms with van der Waals surface area (Å²) in [5.41, 5.74) is 5.15. The van der Waals surface area contributed by atoms with Crippen molar-refractivity contribution in [2.75, 3.05) is 6.61 Å². The Balaban J connectivity index is 1.89. The second-order valence-corrected chi connectivity index (χ2v) is 9.51. The van der Waals surface area contributed by atoms with Crippen molar-refractivity contribution in [2.45, 2.75) is 34.7 Å². The largest absolute Gasteiger partial charge is 0.609 e. The highest BCUT2D eigenvalue weighted by Crippen LogP contribution is 2.32. The summed E-state index contributed by atoms with van der Waals surface area (Å²) in [5.74, 6) is -4.71. The Kier molecular flexibility index (Phi) is 8.82. The summed E-state index contributed by atoms with van der Waals surface area (Å²) in [6.07, 6.45) is -3.50. The van der Waals surface area contributed by atoms with Crippen LogP contribution in [0, 0.1) is 23.0 Å². The molecule has 0 aromatic heterocycles. The van der Waals surface area contributed by atoms with Gasteiger partial charge in [0.15, 0.2) is 28.5 Å². The molecule has 184 valence electrons. The smallest absolute Gasteiger partial charge is 0.249 e. The third-order valence-corrected chi connectivity index (χ3v) is 7.30. The molecule has 0 radical (unpaired) electrons. The van der Waals surface area contributed by atoms with Gasteiger partial charge in [-0.05, 0) is 24.3 Å². The van der Waals surface area contributed by atoms with E-state index in [1.165, 1.54) is 18.2 Å². The molecule has 2 aromatic carbocycles. The molecule has 14 heteroatoms. The summed E-state index contributed by atoms with van der Waals surface area (Å²) in [5, 5.41) is 36.9. The number of hydrogen-bond acceptors (Lipinski definition) is 8. The molecule has 1 aliphatic heterocycles. The van der Waals surface area contributed by atoms with Crippen molar-refractivity contribution in [3.63, 3.8) is 0 Å². The summed E-state index contributed by atoms with van der Waals surface area (Å²) in [7, 11) is 0. The number of benzene rings is 2. The van der Waals surface area contributed by atoms with Gasteiger partial charge in [0.05, 0.1) is 22.7 Å². The maximum atomic E-state index is 13.6. The average molecular weight is 540 g/mol. The van der Waals surface area contributed by atoms with Crippen LogP contribution in [0.2, 0.25) is 10.0 Å². The molecule has 6 atom stereocenters. The second-order valence-electron chi connectivity index (χ2n) is 7.17. The van der Waals surface area contributed by atoms with E-state index in [4.69, 9.17) is 33.5 Å². The molecule has 1 heterocycles. The van der Waals surface area contributed by atoms with E-state index in [1.807, 2.05) is 0 Å². The van der Waals surface area contributed by atoms with Crippen LogP contribution in [0.4, 0.5) is 13.2 Å². The predicted molar refractivity (Wildman–Crippen MR) is 117 cm³/mol. The Morgan fingerprint density at radius 2 is 1.79 bits per heavy atom. The van der Waals surface area contributed by atoms with E-state index in [0.717, 1.165) is 6.20 Å². The van der Waals surface area contributed by atoms with Crippen LogP contribution in [0.1, 0.15) is 5.56 Å². The molecule has 0 bridgehead atoms. The maximum absolute atomic E-state index is 13.6. The van der Waals surface area contributed by atoms with Gasteiger partial charge in [-0.15, -0.1) is 0 Å². The van der Waals surface area contributed by atoms with Crippen molar-refractivity contribution in [3.05, 3.63) is 69.6 Å². The molecule has 1 fully saturated rings. The van der Waals surface area contributed by atoms with Gasteiger partial charge < -0.3 is 29.9 Å². The van der Waals surface area contributed by atoms with Gasteiger partial charge in [0.1, 0.15) is 17.9 Å². The Morgan fingerprint density at radius 1 is 1.15 bits per heavy atom. The van der Waals surface area contributed by atoms with E-state index in [1.54, 1.807) is 0 Å². The zero-order valence-electron chi connectivity index (χ0n) is 17.0. The molecular formula is C20H18Cl2F3N3O5S. The Labute approximate surface area is 204 Å². The first-order valence-electron chi connectivity index (χ1n) is 9.55. The molecule has 1 aliphatic rings. The molecule has 2 aromatic rings. The Morgan fingerprint density at radius 3 is 2.35 bits per heavy atom. The van der Waals surface area contributed by atoms with Crippen LogP contribution in [0.15, 0.2) is 46.5 Å². The first-order valence-corrected chi connectivity index (χ1v) is 11.5. The SMILES string of the molecule is N=N/C(=C\NC1C(O)[C@@H]([S+]([O-])c2ccc(Cl)c(Cl)c2)OC(CO)[C@@H]1O)c1cc(F)c(F)c(F)c1. The fraction of sp³-hybridized carbons (Fsp3) is 0.300. The number of nitrogens with zero attached hydrogens (tertiary/aromatic N) is 1. The van der Waals surface area contributed by atoms with Crippen LogP contribution >= 0.6 is 23.2 Å². The quantitative estimate of drug-likeness (QED) is 0.208. The van der Waals surface area contributed by atoms with Crippen LogP contribution in [0.3, 0.4) is 0 Å². The van der Waals surface area contributed by atoms with Gasteiger partial charge in [0, 0.05) is 29.0 Å². The zero-order chi connectivity index (χ0) is 25.2. The molecule has 34 heavy (non-hydrogen) atoms. The number of nitrogens with one attached hydrogen (secondary N) is 2. The summed E-state index contributed by atoms with van der Waals surface area (Å²) in [6, 6.07) is 4.00. The van der Waals surface area contributed by atoms with Crippen molar-refractivity contribution in [1.82, 2.24) is 5.32 Å². The first-order chi connectivity index (χ1) is 16.1. The minimum atomic E-state index is -2.04. The van der Waals surface area contributed by atoms with Crippen molar-refractivity contribution < 1.29 is 37.8 Å². The molecule has 0 spiro atoms. The van der Waals surface area contributed by atoms with Gasteiger partial charge in [-0.3, -0.25) is 0 Å². The van der Waals surface area contributed by atoms with Crippen molar-refractivity contribution >= 4 is 40.1 Å². The van der Waals surface area contributed by atoms with Crippen LogP contribution in [-0.4, -0.2) is 56.3 Å². The standard InChI is InChI=1S/C20H18Cl2F3N3O5S/c21-10-2-1-9(5-11(10)22)34(32)20-19(31)17(18(30)15(7-29)33-20)27-6-14(28-26)8-3-12(23)16(25)13(24)4-8/h1-6,15,17-20,26-27,29-31H,7H2/b14-6-,28-26?/t15?,17?,18-,19?,20+,34?/m0/s1. The number of rotatable bonds is 7. The maximum Gasteiger partial charge on any atom is 0.249 e. The topological polar surface area (TPSA) is 141 Å². The van der Waals surface area contributed by atoms with Gasteiger partial charge in [0.25, 0.3) is 0 Å². The Bertz CT molecular complexity index is 1080. The number of aliphatic hydroxyl groups excluding tert-OH is 3. The summed E-state index contributed by atoms with van der Waals surface area (Å²) in [4.78, 5) is 0.153. The highest BCUT2D eigenvalue weighted by Gasteiger charge is 2.50. The molecule has 3 rings (SSSR count). The Hall–Kier alpha value is -1.90. The summed E-state index contributed by atoms with van der Waals surface area (Å²) < 4.78 is 58.9. The van der Waals surface area contributed by atoms with Crippen LogP contribution in [-0.2, 0) is 15.9 Å². The number of hydrogen-bond donors (Lipinski definition) is 5.